The molecule has 4 heteroatoms. The molecule has 1 saturated carbocycles. The summed E-state index contributed by atoms with van der Waals surface area (Å²) in [6.07, 6.45) is 5.54. The molecule has 2 aliphatic heterocycles. The fourth-order valence-corrected chi connectivity index (χ4v) is 4.74. The highest BCUT2D eigenvalue weighted by Crippen LogP contribution is 2.60. The van der Waals surface area contributed by atoms with Gasteiger partial charge in [-0.25, -0.2) is 0 Å². The van der Waals surface area contributed by atoms with Crippen molar-refractivity contribution in [2.75, 3.05) is 19.6 Å². The molecule has 3 nitrogen and oxygen atoms in total. The molecule has 0 aromatic heterocycles. The van der Waals surface area contributed by atoms with E-state index in [4.69, 9.17) is 11.6 Å². The van der Waals surface area contributed by atoms with Crippen molar-refractivity contribution < 1.29 is 4.79 Å². The third-order valence-electron chi connectivity index (χ3n) is 5.89. The van der Waals surface area contributed by atoms with Crippen LogP contribution in [0.3, 0.4) is 0 Å². The molecule has 0 bridgehead atoms. The van der Waals surface area contributed by atoms with Crippen LogP contribution in [0.1, 0.15) is 43.7 Å². The number of rotatable bonds is 2. The van der Waals surface area contributed by atoms with Crippen molar-refractivity contribution in [3.63, 3.8) is 0 Å². The fourth-order valence-electron chi connectivity index (χ4n) is 4.47. The first-order valence-corrected chi connectivity index (χ1v) is 8.85. The standard InChI is InChI=1S/C18H23ClN2O/c19-15-5-2-1-4-13(15)16-6-3-11-21(16)17(22)14-12-18(14)7-9-20-10-8-18/h1-2,4-5,14,16,20H,3,6-12H2. The van der Waals surface area contributed by atoms with Crippen LogP contribution in [0.15, 0.2) is 24.3 Å². The Labute approximate surface area is 137 Å². The maximum atomic E-state index is 13.0. The minimum absolute atomic E-state index is 0.181. The van der Waals surface area contributed by atoms with Gasteiger partial charge in [-0.3, -0.25) is 4.79 Å². The minimum atomic E-state index is 0.181. The van der Waals surface area contributed by atoms with Crippen molar-refractivity contribution in [1.29, 1.82) is 0 Å². The van der Waals surface area contributed by atoms with E-state index in [-0.39, 0.29) is 12.0 Å². The van der Waals surface area contributed by atoms with Crippen molar-refractivity contribution in [3.8, 4) is 0 Å². The number of piperidine rings is 1. The van der Waals surface area contributed by atoms with Gasteiger partial charge in [-0.1, -0.05) is 29.8 Å². The molecule has 22 heavy (non-hydrogen) atoms. The molecule has 2 heterocycles. The summed E-state index contributed by atoms with van der Waals surface area (Å²) in [4.78, 5) is 15.2. The van der Waals surface area contributed by atoms with Gasteiger partial charge in [0, 0.05) is 17.5 Å². The van der Waals surface area contributed by atoms with Gasteiger partial charge in [0.15, 0.2) is 0 Å². The van der Waals surface area contributed by atoms with Crippen molar-refractivity contribution in [1.82, 2.24) is 10.2 Å². The summed E-state index contributed by atoms with van der Waals surface area (Å²) >= 11 is 6.37. The zero-order chi connectivity index (χ0) is 15.2. The largest absolute Gasteiger partial charge is 0.335 e. The van der Waals surface area contributed by atoms with E-state index in [1.54, 1.807) is 0 Å². The summed E-state index contributed by atoms with van der Waals surface area (Å²) in [6, 6.07) is 8.17. The SMILES string of the molecule is O=C(C1CC12CCNCC2)N1CCCC1c1ccccc1Cl. The van der Waals surface area contributed by atoms with Gasteiger partial charge >= 0.3 is 0 Å². The minimum Gasteiger partial charge on any atom is -0.335 e. The molecule has 4 rings (SSSR count). The van der Waals surface area contributed by atoms with Gasteiger partial charge in [0.2, 0.25) is 5.91 Å². The molecule has 1 aromatic carbocycles. The molecule has 2 atom stereocenters. The highest BCUT2D eigenvalue weighted by Gasteiger charge is 2.59. The van der Waals surface area contributed by atoms with Gasteiger partial charge in [-0.2, -0.15) is 0 Å². The van der Waals surface area contributed by atoms with Gasteiger partial charge in [0.25, 0.3) is 0 Å². The van der Waals surface area contributed by atoms with Crippen LogP contribution in [-0.2, 0) is 4.79 Å². The second kappa shape index (κ2) is 5.54. The fraction of sp³-hybridized carbons (Fsp3) is 0.611. The van der Waals surface area contributed by atoms with Gasteiger partial charge < -0.3 is 10.2 Å². The summed E-state index contributed by atoms with van der Waals surface area (Å²) < 4.78 is 0. The molecule has 2 unspecified atom stereocenters. The van der Waals surface area contributed by atoms with E-state index in [0.717, 1.165) is 62.3 Å². The van der Waals surface area contributed by atoms with Crippen LogP contribution in [-0.4, -0.2) is 30.4 Å². The topological polar surface area (TPSA) is 32.3 Å². The lowest BCUT2D eigenvalue weighted by Gasteiger charge is -2.29. The number of likely N-dealkylation sites (tertiary alicyclic amines) is 1. The Balaban J connectivity index is 1.52. The van der Waals surface area contributed by atoms with Gasteiger partial charge in [-0.05, 0) is 62.2 Å². The monoisotopic (exact) mass is 318 g/mol. The number of benzene rings is 1. The Hall–Kier alpha value is -1.06. The van der Waals surface area contributed by atoms with Crippen LogP contribution in [0.2, 0.25) is 5.02 Å². The van der Waals surface area contributed by atoms with E-state index in [1.165, 1.54) is 0 Å². The lowest BCUT2D eigenvalue weighted by Crippen LogP contribution is -2.36. The van der Waals surface area contributed by atoms with Crippen LogP contribution in [0.4, 0.5) is 0 Å². The lowest BCUT2D eigenvalue weighted by molar-refractivity contribution is -0.134. The van der Waals surface area contributed by atoms with E-state index < -0.39 is 0 Å². The smallest absolute Gasteiger partial charge is 0.226 e. The average molecular weight is 319 g/mol. The van der Waals surface area contributed by atoms with Crippen LogP contribution in [0.25, 0.3) is 0 Å². The van der Waals surface area contributed by atoms with Crippen molar-refractivity contribution in [3.05, 3.63) is 34.9 Å². The molecule has 1 aromatic rings. The van der Waals surface area contributed by atoms with Crippen LogP contribution < -0.4 is 5.32 Å². The van der Waals surface area contributed by atoms with Crippen molar-refractivity contribution in [2.24, 2.45) is 11.3 Å². The highest BCUT2D eigenvalue weighted by atomic mass is 35.5. The molecule has 0 radical (unpaired) electrons. The zero-order valence-electron chi connectivity index (χ0n) is 12.9. The highest BCUT2D eigenvalue weighted by molar-refractivity contribution is 6.31. The van der Waals surface area contributed by atoms with E-state index in [1.807, 2.05) is 18.2 Å². The summed E-state index contributed by atoms with van der Waals surface area (Å²) in [7, 11) is 0. The number of carbonyl (C=O) groups is 1. The van der Waals surface area contributed by atoms with Crippen molar-refractivity contribution in [2.45, 2.75) is 38.1 Å². The van der Waals surface area contributed by atoms with Gasteiger partial charge in [0.1, 0.15) is 0 Å². The number of carbonyl (C=O) groups excluding carboxylic acids is 1. The number of amides is 1. The first kappa shape index (κ1) is 14.5. The Morgan fingerprint density at radius 1 is 1.27 bits per heavy atom. The van der Waals surface area contributed by atoms with E-state index in [2.05, 4.69) is 16.3 Å². The Bertz CT molecular complexity index is 582. The number of hydrogen-bond acceptors (Lipinski definition) is 2. The number of hydrogen-bond donors (Lipinski definition) is 1. The molecule has 1 spiro atoms. The Morgan fingerprint density at radius 3 is 2.82 bits per heavy atom. The molecular formula is C18H23ClN2O. The van der Waals surface area contributed by atoms with E-state index in [9.17, 15) is 4.79 Å². The second-order valence-electron chi connectivity index (χ2n) is 7.08. The maximum Gasteiger partial charge on any atom is 0.226 e. The van der Waals surface area contributed by atoms with Crippen LogP contribution in [0, 0.1) is 11.3 Å². The Kier molecular flexibility index (Phi) is 3.66. The molecule has 2 saturated heterocycles. The second-order valence-corrected chi connectivity index (χ2v) is 7.49. The third-order valence-corrected chi connectivity index (χ3v) is 6.23. The van der Waals surface area contributed by atoms with Crippen molar-refractivity contribution >= 4 is 17.5 Å². The summed E-state index contributed by atoms with van der Waals surface area (Å²) in [6.45, 7) is 3.02. The summed E-state index contributed by atoms with van der Waals surface area (Å²) in [5.41, 5.74) is 1.44. The molecule has 3 fully saturated rings. The predicted octanol–water partition coefficient (Wildman–Crippen LogP) is 3.39. The first-order valence-electron chi connectivity index (χ1n) is 8.47. The van der Waals surface area contributed by atoms with Gasteiger partial charge in [-0.15, -0.1) is 0 Å². The predicted molar refractivity (Wildman–Crippen MR) is 87.8 cm³/mol. The molecular weight excluding hydrogens is 296 g/mol. The molecule has 1 amide bonds. The van der Waals surface area contributed by atoms with E-state index in [0.29, 0.717) is 11.3 Å². The molecule has 3 aliphatic rings. The average Bonchev–Trinajstić information content (AvgIpc) is 3.01. The normalized spacial score (nSPS) is 29.8. The summed E-state index contributed by atoms with van der Waals surface area (Å²) in [5.74, 6) is 0.641. The summed E-state index contributed by atoms with van der Waals surface area (Å²) in [5, 5.41) is 4.20. The molecule has 1 N–H and O–H groups in total. The van der Waals surface area contributed by atoms with Crippen LogP contribution >= 0.6 is 11.6 Å². The number of halogens is 1. The number of nitrogens with zero attached hydrogens (tertiary/aromatic N) is 1. The third kappa shape index (κ3) is 2.35. The Morgan fingerprint density at radius 2 is 2.05 bits per heavy atom. The quantitative estimate of drug-likeness (QED) is 0.906. The van der Waals surface area contributed by atoms with E-state index >= 15 is 0 Å². The lowest BCUT2D eigenvalue weighted by atomic mass is 9.91. The molecule has 118 valence electrons. The van der Waals surface area contributed by atoms with Gasteiger partial charge in [0.05, 0.1) is 6.04 Å². The number of nitrogens with one attached hydrogen (secondary N) is 1. The zero-order valence-corrected chi connectivity index (χ0v) is 13.6. The maximum absolute atomic E-state index is 13.0. The first-order chi connectivity index (χ1) is 10.7. The molecule has 1 aliphatic carbocycles. The van der Waals surface area contributed by atoms with Crippen LogP contribution in [0.5, 0.6) is 0 Å².